The van der Waals surface area contributed by atoms with E-state index in [-0.39, 0.29) is 5.91 Å². The normalized spacial score (nSPS) is 21.3. The first-order chi connectivity index (χ1) is 21.9. The highest BCUT2D eigenvalue weighted by molar-refractivity contribution is 7.98. The van der Waals surface area contributed by atoms with Gasteiger partial charge in [-0.3, -0.25) is 9.69 Å². The van der Waals surface area contributed by atoms with Gasteiger partial charge in [0.25, 0.3) is 0 Å². The maximum Gasteiger partial charge on any atom is 0.234 e. The lowest BCUT2D eigenvalue weighted by Gasteiger charge is -2.45. The summed E-state index contributed by atoms with van der Waals surface area (Å²) < 4.78 is 5.26. The highest BCUT2D eigenvalue weighted by atomic mass is 35.5. The van der Waals surface area contributed by atoms with E-state index in [1.807, 2.05) is 47.8 Å². The van der Waals surface area contributed by atoms with Crippen molar-refractivity contribution < 1.29 is 9.53 Å². The molecule has 4 unspecified atom stereocenters. The molecule has 4 atom stereocenters. The van der Waals surface area contributed by atoms with Gasteiger partial charge in [-0.1, -0.05) is 65.7 Å². The lowest BCUT2D eigenvalue weighted by atomic mass is 9.76. The van der Waals surface area contributed by atoms with E-state index in [4.69, 9.17) is 16.3 Å². The van der Waals surface area contributed by atoms with Crippen LogP contribution in [0.1, 0.15) is 47.4 Å². The number of nitrogens with one attached hydrogen (secondary N) is 1. The fourth-order valence-corrected chi connectivity index (χ4v) is 8.86. The molecular weight excluding hydrogens is 618 g/mol. The van der Waals surface area contributed by atoms with E-state index >= 15 is 0 Å². The Morgan fingerprint density at radius 1 is 0.956 bits per heavy atom. The molecule has 3 aromatic carbocycles. The zero-order chi connectivity index (χ0) is 31.6. The van der Waals surface area contributed by atoms with Crippen molar-refractivity contribution in [2.45, 2.75) is 55.7 Å². The Morgan fingerprint density at radius 3 is 2.31 bits per heavy atom. The molecule has 2 bridgehead atoms. The number of aryl methyl sites for hydroxylation is 1. The van der Waals surface area contributed by atoms with Crippen LogP contribution in [-0.4, -0.2) is 79.6 Å². The number of ether oxygens (including phenoxy) is 1. The number of hydrogen-bond donors (Lipinski definition) is 1. The Morgan fingerprint density at radius 2 is 1.62 bits per heavy atom. The molecule has 2 saturated heterocycles. The molecule has 0 saturated carbocycles. The number of piperidine rings is 1. The van der Waals surface area contributed by atoms with Crippen LogP contribution >= 0.6 is 35.1 Å². The van der Waals surface area contributed by atoms with Crippen LogP contribution < -0.4 is 10.1 Å². The molecule has 0 radical (unpaired) electrons. The van der Waals surface area contributed by atoms with Gasteiger partial charge in [0.05, 0.1) is 13.7 Å². The van der Waals surface area contributed by atoms with E-state index in [2.05, 4.69) is 77.6 Å². The highest BCUT2D eigenvalue weighted by Gasteiger charge is 2.46. The molecule has 1 amide bonds. The molecule has 5 nitrogen and oxygen atoms in total. The van der Waals surface area contributed by atoms with Crippen LogP contribution in [0.3, 0.4) is 0 Å². The number of hydrogen-bond acceptors (Lipinski definition) is 6. The number of thioether (sulfide) groups is 2. The number of methoxy groups -OCH3 is 1. The number of nitrogens with zero attached hydrogens (tertiary/aromatic N) is 2. The van der Waals surface area contributed by atoms with Crippen molar-refractivity contribution in [1.29, 1.82) is 0 Å². The van der Waals surface area contributed by atoms with Crippen molar-refractivity contribution in [2.75, 3.05) is 51.8 Å². The van der Waals surface area contributed by atoms with Crippen molar-refractivity contribution >= 4 is 41.0 Å². The van der Waals surface area contributed by atoms with E-state index in [0.29, 0.717) is 37.0 Å². The van der Waals surface area contributed by atoms with Gasteiger partial charge in [0.1, 0.15) is 5.75 Å². The van der Waals surface area contributed by atoms with Crippen LogP contribution in [0.15, 0.2) is 72.8 Å². The third kappa shape index (κ3) is 9.92. The molecule has 45 heavy (non-hydrogen) atoms. The summed E-state index contributed by atoms with van der Waals surface area (Å²) in [5.41, 5.74) is 5.31. The summed E-state index contributed by atoms with van der Waals surface area (Å²) in [7, 11) is 4.00. The molecule has 2 heterocycles. The minimum absolute atomic E-state index is 0.125. The maximum absolute atomic E-state index is 13.3. The molecular formula is C37H48ClN3O2S2. The molecule has 2 fully saturated rings. The van der Waals surface area contributed by atoms with Gasteiger partial charge in [0.2, 0.25) is 5.91 Å². The minimum atomic E-state index is 0.125. The fourth-order valence-electron chi connectivity index (χ4n) is 6.95. The van der Waals surface area contributed by atoms with Crippen LogP contribution in [-0.2, 0) is 16.3 Å². The summed E-state index contributed by atoms with van der Waals surface area (Å²) >= 11 is 10.1. The van der Waals surface area contributed by atoms with E-state index in [1.54, 1.807) is 7.11 Å². The van der Waals surface area contributed by atoms with Crippen LogP contribution in [0.4, 0.5) is 0 Å². The predicted octanol–water partition coefficient (Wildman–Crippen LogP) is 7.51. The van der Waals surface area contributed by atoms with Gasteiger partial charge in [-0.2, -0.15) is 23.5 Å². The number of rotatable bonds is 16. The molecule has 242 valence electrons. The molecule has 1 N–H and O–H groups in total. The van der Waals surface area contributed by atoms with Crippen LogP contribution in [0, 0.1) is 12.8 Å². The topological polar surface area (TPSA) is 44.8 Å². The Balaban J connectivity index is 1.18. The summed E-state index contributed by atoms with van der Waals surface area (Å²) in [5.74, 6) is 5.77. The Kier molecular flexibility index (Phi) is 13.0. The van der Waals surface area contributed by atoms with Gasteiger partial charge in [0.15, 0.2) is 0 Å². The average Bonchev–Trinajstić information content (AvgIpc) is 3.29. The standard InChI is InChI=1S/C37H48ClN3O2S2/c1-27-4-6-28(7-5-27)26-45-21-19-41(24-37(42)39-18-20-44-25-29-8-15-33(43-3)16-9-29)23-35-34(30-10-12-31(38)13-11-30)22-32-14-17-36(35)40(32)2/h4-13,15-16,32,34-36H,14,17-26H2,1-3H3,(H,39,42). The number of benzene rings is 3. The SMILES string of the molecule is COc1ccc(CSCCNC(=O)CN(CCSCc2ccc(C)cc2)CC2C(c3ccc(Cl)cc3)CC3CCC2N3C)cc1. The predicted molar refractivity (Wildman–Crippen MR) is 193 cm³/mol. The number of carbonyl (C=O) groups is 1. The first-order valence-corrected chi connectivity index (χ1v) is 18.9. The van der Waals surface area contributed by atoms with Crippen molar-refractivity contribution in [1.82, 2.24) is 15.1 Å². The van der Waals surface area contributed by atoms with Crippen molar-refractivity contribution in [3.63, 3.8) is 0 Å². The average molecular weight is 666 g/mol. The molecule has 8 heteroatoms. The van der Waals surface area contributed by atoms with Crippen molar-refractivity contribution in [3.05, 3.63) is 100 Å². The Hall–Kier alpha value is -2.16. The van der Waals surface area contributed by atoms with Gasteiger partial charge in [-0.25, -0.2) is 0 Å². The fraction of sp³-hybridized carbons (Fsp3) is 0.486. The van der Waals surface area contributed by atoms with Crippen molar-refractivity contribution in [3.8, 4) is 5.75 Å². The van der Waals surface area contributed by atoms with Gasteiger partial charge in [-0.05, 0) is 86.0 Å². The lowest BCUT2D eigenvalue weighted by molar-refractivity contribution is -0.122. The van der Waals surface area contributed by atoms with E-state index < -0.39 is 0 Å². The van der Waals surface area contributed by atoms with Crippen LogP contribution in [0.5, 0.6) is 5.75 Å². The first kappa shape index (κ1) is 34.2. The minimum Gasteiger partial charge on any atom is -0.497 e. The van der Waals surface area contributed by atoms with Crippen LogP contribution in [0.25, 0.3) is 0 Å². The third-order valence-electron chi connectivity index (χ3n) is 9.50. The Bertz CT molecular complexity index is 1340. The molecule has 0 aliphatic carbocycles. The third-order valence-corrected chi connectivity index (χ3v) is 11.8. The highest BCUT2D eigenvalue weighted by Crippen LogP contribution is 2.46. The Labute approximate surface area is 283 Å². The first-order valence-electron chi connectivity index (χ1n) is 16.2. The maximum atomic E-state index is 13.3. The van der Waals surface area contributed by atoms with E-state index in [1.165, 1.54) is 41.5 Å². The monoisotopic (exact) mass is 665 g/mol. The zero-order valence-electron chi connectivity index (χ0n) is 26.9. The number of carbonyl (C=O) groups excluding carboxylic acids is 1. The van der Waals surface area contributed by atoms with Gasteiger partial charge < -0.3 is 15.0 Å². The molecule has 5 rings (SSSR count). The largest absolute Gasteiger partial charge is 0.497 e. The van der Waals surface area contributed by atoms with Gasteiger partial charge >= 0.3 is 0 Å². The lowest BCUT2D eigenvalue weighted by Crippen LogP contribution is -2.51. The van der Waals surface area contributed by atoms with Gasteiger partial charge in [-0.15, -0.1) is 0 Å². The molecule has 0 aromatic heterocycles. The summed E-state index contributed by atoms with van der Waals surface area (Å²) in [6.07, 6.45) is 3.68. The number of halogens is 1. The van der Waals surface area contributed by atoms with E-state index in [0.717, 1.165) is 46.9 Å². The van der Waals surface area contributed by atoms with E-state index in [9.17, 15) is 4.79 Å². The molecule has 0 spiro atoms. The summed E-state index contributed by atoms with van der Waals surface area (Å²) in [6, 6.07) is 26.7. The second-order valence-corrected chi connectivity index (χ2v) is 15.2. The van der Waals surface area contributed by atoms with Gasteiger partial charge in [0, 0.05) is 59.8 Å². The molecule has 2 aliphatic rings. The second-order valence-electron chi connectivity index (χ2n) is 12.5. The molecule has 3 aromatic rings. The number of amides is 1. The molecule has 2 aliphatic heterocycles. The second kappa shape index (κ2) is 17.1. The summed E-state index contributed by atoms with van der Waals surface area (Å²) in [4.78, 5) is 18.3. The van der Waals surface area contributed by atoms with Crippen molar-refractivity contribution in [2.24, 2.45) is 5.92 Å². The zero-order valence-corrected chi connectivity index (χ0v) is 29.3. The smallest absolute Gasteiger partial charge is 0.234 e. The van der Waals surface area contributed by atoms with Crippen LogP contribution in [0.2, 0.25) is 5.02 Å². The summed E-state index contributed by atoms with van der Waals surface area (Å²) in [6.45, 7) is 5.09. The number of fused-ring (bicyclic) bond motifs is 2. The quantitative estimate of drug-likeness (QED) is 0.160. The summed E-state index contributed by atoms with van der Waals surface area (Å²) in [5, 5.41) is 4.00.